The van der Waals surface area contributed by atoms with Crippen LogP contribution in [0.15, 0.2) is 67.0 Å². The van der Waals surface area contributed by atoms with E-state index in [9.17, 15) is 18.0 Å². The van der Waals surface area contributed by atoms with Gasteiger partial charge in [0.25, 0.3) is 5.91 Å². The fourth-order valence-corrected chi connectivity index (χ4v) is 2.97. The third-order valence-electron chi connectivity index (χ3n) is 4.48. The standard InChI is InChI=1S/C21H15F3N4O/c1-13-5-6-16(12-17(13)18-7-8-19-25-9-10-28(19)27-18)26-20(29)14-3-2-4-15(11-14)21(22,23)24/h2-12H,1H3,(H,26,29). The zero-order valence-electron chi connectivity index (χ0n) is 15.2. The zero-order chi connectivity index (χ0) is 20.6. The van der Waals surface area contributed by atoms with Crippen LogP contribution in [0.3, 0.4) is 0 Å². The summed E-state index contributed by atoms with van der Waals surface area (Å²) in [5.41, 5.74) is 2.65. The van der Waals surface area contributed by atoms with Gasteiger partial charge in [0.05, 0.1) is 11.3 Å². The van der Waals surface area contributed by atoms with E-state index in [1.165, 1.54) is 12.1 Å². The molecular weight excluding hydrogens is 381 g/mol. The molecule has 5 nitrogen and oxygen atoms in total. The molecule has 1 N–H and O–H groups in total. The molecule has 0 saturated carbocycles. The molecule has 0 unspecified atom stereocenters. The molecule has 0 aliphatic carbocycles. The Labute approximate surface area is 163 Å². The van der Waals surface area contributed by atoms with Crippen molar-refractivity contribution in [3.8, 4) is 11.3 Å². The molecule has 0 spiro atoms. The quantitative estimate of drug-likeness (QED) is 0.532. The first kappa shape index (κ1) is 18.7. The number of nitrogens with one attached hydrogen (secondary N) is 1. The van der Waals surface area contributed by atoms with Gasteiger partial charge in [-0.3, -0.25) is 4.79 Å². The second-order valence-corrected chi connectivity index (χ2v) is 6.51. The number of rotatable bonds is 3. The maximum absolute atomic E-state index is 12.9. The average molecular weight is 396 g/mol. The maximum Gasteiger partial charge on any atom is 0.416 e. The van der Waals surface area contributed by atoms with Crippen LogP contribution in [0.5, 0.6) is 0 Å². The number of imidazole rings is 1. The number of fused-ring (bicyclic) bond motifs is 1. The molecule has 0 aliphatic rings. The van der Waals surface area contributed by atoms with E-state index in [2.05, 4.69) is 15.4 Å². The number of hydrogen-bond donors (Lipinski definition) is 1. The van der Waals surface area contributed by atoms with E-state index in [0.717, 1.165) is 23.3 Å². The van der Waals surface area contributed by atoms with Gasteiger partial charge in [-0.2, -0.15) is 18.3 Å². The van der Waals surface area contributed by atoms with Crippen molar-refractivity contribution in [1.82, 2.24) is 14.6 Å². The van der Waals surface area contributed by atoms with Gasteiger partial charge < -0.3 is 5.32 Å². The molecule has 2 heterocycles. The van der Waals surface area contributed by atoms with E-state index in [4.69, 9.17) is 0 Å². The van der Waals surface area contributed by atoms with E-state index in [-0.39, 0.29) is 5.56 Å². The lowest BCUT2D eigenvalue weighted by Crippen LogP contribution is -2.14. The van der Waals surface area contributed by atoms with Crippen molar-refractivity contribution in [2.75, 3.05) is 5.32 Å². The number of aryl methyl sites for hydroxylation is 1. The number of anilines is 1. The first-order valence-electron chi connectivity index (χ1n) is 8.71. The number of carbonyl (C=O) groups excluding carboxylic acids is 1. The summed E-state index contributed by atoms with van der Waals surface area (Å²) in [4.78, 5) is 16.6. The summed E-state index contributed by atoms with van der Waals surface area (Å²) in [7, 11) is 0. The van der Waals surface area contributed by atoms with Crippen LogP contribution in [0.25, 0.3) is 16.9 Å². The van der Waals surface area contributed by atoms with E-state index in [0.29, 0.717) is 17.0 Å². The summed E-state index contributed by atoms with van der Waals surface area (Å²) in [6, 6.07) is 13.2. The van der Waals surface area contributed by atoms with Crippen molar-refractivity contribution >= 4 is 17.2 Å². The van der Waals surface area contributed by atoms with Crippen LogP contribution in [0.2, 0.25) is 0 Å². The topological polar surface area (TPSA) is 59.3 Å². The number of halogens is 3. The molecule has 4 rings (SSSR count). The fraction of sp³-hybridized carbons (Fsp3) is 0.0952. The Kier molecular flexibility index (Phi) is 4.54. The molecule has 0 saturated heterocycles. The highest BCUT2D eigenvalue weighted by Gasteiger charge is 2.30. The van der Waals surface area contributed by atoms with Gasteiger partial charge in [-0.05, 0) is 55.0 Å². The summed E-state index contributed by atoms with van der Waals surface area (Å²) in [5, 5.41) is 7.15. The van der Waals surface area contributed by atoms with E-state index >= 15 is 0 Å². The Morgan fingerprint density at radius 3 is 2.69 bits per heavy atom. The number of carbonyl (C=O) groups is 1. The van der Waals surface area contributed by atoms with Crippen LogP contribution in [-0.2, 0) is 6.18 Å². The summed E-state index contributed by atoms with van der Waals surface area (Å²) >= 11 is 0. The second-order valence-electron chi connectivity index (χ2n) is 6.51. The third kappa shape index (κ3) is 3.82. The van der Waals surface area contributed by atoms with Crippen molar-refractivity contribution in [2.45, 2.75) is 13.1 Å². The first-order valence-corrected chi connectivity index (χ1v) is 8.71. The minimum atomic E-state index is -4.51. The van der Waals surface area contributed by atoms with Gasteiger partial charge >= 0.3 is 6.18 Å². The van der Waals surface area contributed by atoms with Gasteiger partial charge in [0.15, 0.2) is 5.65 Å². The largest absolute Gasteiger partial charge is 0.416 e. The van der Waals surface area contributed by atoms with Crippen LogP contribution in [0.1, 0.15) is 21.5 Å². The minimum Gasteiger partial charge on any atom is -0.322 e. The van der Waals surface area contributed by atoms with Crippen LogP contribution in [0, 0.1) is 6.92 Å². The molecular formula is C21H15F3N4O. The summed E-state index contributed by atoms with van der Waals surface area (Å²) in [6.45, 7) is 1.91. The van der Waals surface area contributed by atoms with Crippen molar-refractivity contribution in [1.29, 1.82) is 0 Å². The van der Waals surface area contributed by atoms with Gasteiger partial charge in [0.2, 0.25) is 0 Å². The molecule has 146 valence electrons. The van der Waals surface area contributed by atoms with Crippen LogP contribution in [-0.4, -0.2) is 20.5 Å². The third-order valence-corrected chi connectivity index (χ3v) is 4.48. The Morgan fingerprint density at radius 1 is 1.07 bits per heavy atom. The van der Waals surface area contributed by atoms with Gasteiger partial charge in [0, 0.05) is 29.2 Å². The Hall–Kier alpha value is -3.68. The number of alkyl halides is 3. The number of amides is 1. The van der Waals surface area contributed by atoms with E-state index < -0.39 is 17.6 Å². The highest BCUT2D eigenvalue weighted by atomic mass is 19.4. The second kappa shape index (κ2) is 7.05. The van der Waals surface area contributed by atoms with E-state index in [1.54, 1.807) is 29.0 Å². The number of benzene rings is 2. The smallest absolute Gasteiger partial charge is 0.322 e. The zero-order valence-corrected chi connectivity index (χ0v) is 15.2. The summed E-state index contributed by atoms with van der Waals surface area (Å²) in [5.74, 6) is -0.621. The van der Waals surface area contributed by atoms with Crippen LogP contribution in [0.4, 0.5) is 18.9 Å². The molecule has 29 heavy (non-hydrogen) atoms. The molecule has 0 fully saturated rings. The van der Waals surface area contributed by atoms with Gasteiger partial charge in [-0.1, -0.05) is 12.1 Å². The van der Waals surface area contributed by atoms with Crippen LogP contribution >= 0.6 is 0 Å². The lowest BCUT2D eigenvalue weighted by Gasteiger charge is -2.11. The number of aromatic nitrogens is 3. The first-order chi connectivity index (χ1) is 13.8. The van der Waals surface area contributed by atoms with Gasteiger partial charge in [-0.25, -0.2) is 9.50 Å². The monoisotopic (exact) mass is 396 g/mol. The molecule has 4 aromatic rings. The summed E-state index contributed by atoms with van der Waals surface area (Å²) < 4.78 is 40.3. The van der Waals surface area contributed by atoms with Crippen molar-refractivity contribution < 1.29 is 18.0 Å². The Bertz CT molecular complexity index is 1210. The Balaban J connectivity index is 1.63. The molecule has 8 heteroatoms. The summed E-state index contributed by atoms with van der Waals surface area (Å²) in [6.07, 6.45) is -1.14. The minimum absolute atomic E-state index is 0.0695. The Morgan fingerprint density at radius 2 is 1.90 bits per heavy atom. The lowest BCUT2D eigenvalue weighted by molar-refractivity contribution is -0.137. The highest BCUT2D eigenvalue weighted by Crippen LogP contribution is 2.30. The molecule has 2 aromatic carbocycles. The molecule has 0 aliphatic heterocycles. The van der Waals surface area contributed by atoms with Gasteiger partial charge in [-0.15, -0.1) is 0 Å². The molecule has 0 atom stereocenters. The molecule has 0 bridgehead atoms. The van der Waals surface area contributed by atoms with Crippen molar-refractivity contribution in [3.05, 3.63) is 83.7 Å². The highest BCUT2D eigenvalue weighted by molar-refractivity contribution is 6.04. The molecule has 2 aromatic heterocycles. The average Bonchev–Trinajstić information content (AvgIpc) is 3.16. The number of hydrogen-bond acceptors (Lipinski definition) is 3. The van der Waals surface area contributed by atoms with Crippen LogP contribution < -0.4 is 5.32 Å². The normalized spacial score (nSPS) is 11.6. The SMILES string of the molecule is Cc1ccc(NC(=O)c2cccc(C(F)(F)F)c2)cc1-c1ccc2nccn2n1. The molecule has 1 amide bonds. The maximum atomic E-state index is 12.9. The van der Waals surface area contributed by atoms with E-state index in [1.807, 2.05) is 25.1 Å². The van der Waals surface area contributed by atoms with Crippen molar-refractivity contribution in [2.24, 2.45) is 0 Å². The van der Waals surface area contributed by atoms with Gasteiger partial charge in [0.1, 0.15) is 0 Å². The molecule has 0 radical (unpaired) electrons. The number of nitrogens with zero attached hydrogens (tertiary/aromatic N) is 3. The fourth-order valence-electron chi connectivity index (χ4n) is 2.97. The van der Waals surface area contributed by atoms with Crippen molar-refractivity contribution in [3.63, 3.8) is 0 Å². The predicted molar refractivity (Wildman–Crippen MR) is 103 cm³/mol. The predicted octanol–water partition coefficient (Wildman–Crippen LogP) is 4.98. The lowest BCUT2D eigenvalue weighted by atomic mass is 10.0.